The monoisotopic (exact) mass is 247 g/mol. The van der Waals surface area contributed by atoms with Gasteiger partial charge in [0.1, 0.15) is 16.8 Å². The molecule has 17 heavy (non-hydrogen) atoms. The quantitative estimate of drug-likeness (QED) is 0.882. The van der Waals surface area contributed by atoms with Crippen molar-refractivity contribution >= 4 is 11.3 Å². The van der Waals surface area contributed by atoms with E-state index in [1.165, 1.54) is 0 Å². The van der Waals surface area contributed by atoms with Gasteiger partial charge in [-0.1, -0.05) is 6.92 Å². The molecular weight excluding hydrogens is 234 g/mol. The summed E-state index contributed by atoms with van der Waals surface area (Å²) >= 11 is 1.64. The number of furan rings is 1. The first kappa shape index (κ1) is 11.8. The largest absolute Gasteiger partial charge is 0.449 e. The third kappa shape index (κ3) is 2.93. The zero-order chi connectivity index (χ0) is 12.1. The van der Waals surface area contributed by atoms with Gasteiger partial charge in [-0.2, -0.15) is 5.26 Å². The van der Waals surface area contributed by atoms with Gasteiger partial charge in [0, 0.05) is 11.6 Å². The van der Waals surface area contributed by atoms with Crippen LogP contribution in [0.25, 0.3) is 0 Å². The molecule has 0 bridgehead atoms. The van der Waals surface area contributed by atoms with Crippen LogP contribution in [0, 0.1) is 11.3 Å². The van der Waals surface area contributed by atoms with Crippen molar-refractivity contribution in [3.05, 3.63) is 40.2 Å². The van der Waals surface area contributed by atoms with Crippen LogP contribution in [-0.4, -0.2) is 4.98 Å². The fourth-order valence-electron chi connectivity index (χ4n) is 1.57. The number of nitrogens with zero attached hydrogens (tertiary/aromatic N) is 2. The highest BCUT2D eigenvalue weighted by atomic mass is 32.1. The minimum Gasteiger partial charge on any atom is -0.449 e. The summed E-state index contributed by atoms with van der Waals surface area (Å²) in [5.74, 6) is 1.13. The number of hydrogen-bond donors (Lipinski definition) is 1. The van der Waals surface area contributed by atoms with Crippen LogP contribution in [-0.2, 0) is 6.54 Å². The van der Waals surface area contributed by atoms with E-state index in [9.17, 15) is 0 Å². The molecule has 0 fully saturated rings. The lowest BCUT2D eigenvalue weighted by Crippen LogP contribution is -2.19. The molecule has 0 amide bonds. The van der Waals surface area contributed by atoms with Gasteiger partial charge >= 0.3 is 0 Å². The SMILES string of the molecule is CCC(NCc1ccc(C#N)o1)c1nccs1. The zero-order valence-corrected chi connectivity index (χ0v) is 10.3. The van der Waals surface area contributed by atoms with E-state index < -0.39 is 0 Å². The van der Waals surface area contributed by atoms with Crippen molar-refractivity contribution in [1.82, 2.24) is 10.3 Å². The minimum absolute atomic E-state index is 0.241. The summed E-state index contributed by atoms with van der Waals surface area (Å²) in [5, 5.41) is 15.1. The van der Waals surface area contributed by atoms with Crippen molar-refractivity contribution in [2.45, 2.75) is 25.9 Å². The Hall–Kier alpha value is -1.64. The van der Waals surface area contributed by atoms with Crippen LogP contribution in [0.15, 0.2) is 28.1 Å². The second-order valence-electron chi connectivity index (χ2n) is 3.59. The van der Waals surface area contributed by atoms with Gasteiger partial charge in [0.05, 0.1) is 12.6 Å². The van der Waals surface area contributed by atoms with Crippen molar-refractivity contribution in [2.24, 2.45) is 0 Å². The van der Waals surface area contributed by atoms with Crippen molar-refractivity contribution in [2.75, 3.05) is 0 Å². The van der Waals surface area contributed by atoms with E-state index in [-0.39, 0.29) is 6.04 Å². The molecule has 0 saturated heterocycles. The molecule has 0 aliphatic rings. The van der Waals surface area contributed by atoms with Crippen LogP contribution >= 0.6 is 11.3 Å². The molecule has 0 aromatic carbocycles. The third-order valence-corrected chi connectivity index (χ3v) is 3.34. The first-order chi connectivity index (χ1) is 8.33. The molecule has 2 heterocycles. The molecule has 2 aromatic heterocycles. The number of nitrogens with one attached hydrogen (secondary N) is 1. The van der Waals surface area contributed by atoms with Crippen LogP contribution in [0.2, 0.25) is 0 Å². The average molecular weight is 247 g/mol. The lowest BCUT2D eigenvalue weighted by Gasteiger charge is -2.12. The van der Waals surface area contributed by atoms with Crippen molar-refractivity contribution in [3.8, 4) is 6.07 Å². The van der Waals surface area contributed by atoms with E-state index in [1.54, 1.807) is 17.4 Å². The molecule has 0 spiro atoms. The zero-order valence-electron chi connectivity index (χ0n) is 9.51. The molecule has 0 saturated carbocycles. The van der Waals surface area contributed by atoms with Gasteiger partial charge in [0.25, 0.3) is 0 Å². The van der Waals surface area contributed by atoms with Gasteiger partial charge in [-0.15, -0.1) is 11.3 Å². The number of aromatic nitrogens is 1. The van der Waals surface area contributed by atoms with Crippen LogP contribution in [0.4, 0.5) is 0 Å². The van der Waals surface area contributed by atoms with Gasteiger partial charge in [-0.05, 0) is 18.6 Å². The van der Waals surface area contributed by atoms with Crippen LogP contribution in [0.5, 0.6) is 0 Å². The smallest absolute Gasteiger partial charge is 0.203 e. The maximum atomic E-state index is 8.65. The van der Waals surface area contributed by atoms with Gasteiger partial charge in [0.15, 0.2) is 0 Å². The molecule has 0 aliphatic carbocycles. The second-order valence-corrected chi connectivity index (χ2v) is 4.52. The molecule has 1 N–H and O–H groups in total. The molecule has 88 valence electrons. The average Bonchev–Trinajstić information content (AvgIpc) is 3.00. The van der Waals surface area contributed by atoms with Gasteiger partial charge in [-0.3, -0.25) is 0 Å². The Morgan fingerprint density at radius 1 is 1.59 bits per heavy atom. The predicted octanol–water partition coefficient (Wildman–Crippen LogP) is 2.85. The van der Waals surface area contributed by atoms with Gasteiger partial charge < -0.3 is 9.73 Å². The van der Waals surface area contributed by atoms with E-state index in [1.807, 2.05) is 23.7 Å². The Kier molecular flexibility index (Phi) is 3.91. The summed E-state index contributed by atoms with van der Waals surface area (Å²) in [5.41, 5.74) is 0. The van der Waals surface area contributed by atoms with E-state index >= 15 is 0 Å². The summed E-state index contributed by atoms with van der Waals surface area (Å²) in [6.45, 7) is 2.72. The number of nitriles is 1. The fraction of sp³-hybridized carbons (Fsp3) is 0.333. The fourth-order valence-corrected chi connectivity index (χ4v) is 2.37. The Labute approximate surface area is 104 Å². The molecular formula is C12H13N3OS. The Morgan fingerprint density at radius 2 is 2.47 bits per heavy atom. The predicted molar refractivity (Wildman–Crippen MR) is 65.4 cm³/mol. The topological polar surface area (TPSA) is 61.9 Å². The molecule has 0 radical (unpaired) electrons. The molecule has 0 aliphatic heterocycles. The van der Waals surface area contributed by atoms with Crippen molar-refractivity contribution in [3.63, 3.8) is 0 Å². The lowest BCUT2D eigenvalue weighted by atomic mass is 10.2. The molecule has 5 heteroatoms. The van der Waals surface area contributed by atoms with Crippen LogP contribution in [0.3, 0.4) is 0 Å². The number of hydrogen-bond acceptors (Lipinski definition) is 5. The van der Waals surface area contributed by atoms with Crippen molar-refractivity contribution in [1.29, 1.82) is 5.26 Å². The lowest BCUT2D eigenvalue weighted by molar-refractivity contribution is 0.437. The minimum atomic E-state index is 0.241. The van der Waals surface area contributed by atoms with E-state index in [4.69, 9.17) is 9.68 Å². The molecule has 2 rings (SSSR count). The molecule has 1 atom stereocenters. The summed E-state index contributed by atoms with van der Waals surface area (Å²) in [4.78, 5) is 4.29. The summed E-state index contributed by atoms with van der Waals surface area (Å²) in [6.07, 6.45) is 2.78. The van der Waals surface area contributed by atoms with Crippen LogP contribution < -0.4 is 5.32 Å². The number of rotatable bonds is 5. The molecule has 4 nitrogen and oxygen atoms in total. The van der Waals surface area contributed by atoms with E-state index in [2.05, 4.69) is 17.2 Å². The first-order valence-electron chi connectivity index (χ1n) is 5.45. The highest BCUT2D eigenvalue weighted by Gasteiger charge is 2.12. The highest BCUT2D eigenvalue weighted by molar-refractivity contribution is 7.09. The normalized spacial score (nSPS) is 12.2. The second kappa shape index (κ2) is 5.62. The van der Waals surface area contributed by atoms with Gasteiger partial charge in [0.2, 0.25) is 5.76 Å². The van der Waals surface area contributed by atoms with E-state index in [0.717, 1.165) is 17.2 Å². The number of thiazole rings is 1. The van der Waals surface area contributed by atoms with E-state index in [0.29, 0.717) is 12.3 Å². The highest BCUT2D eigenvalue weighted by Crippen LogP contribution is 2.19. The maximum absolute atomic E-state index is 8.65. The van der Waals surface area contributed by atoms with Crippen molar-refractivity contribution < 1.29 is 4.42 Å². The Balaban J connectivity index is 1.95. The summed E-state index contributed by atoms with van der Waals surface area (Å²) < 4.78 is 5.30. The Morgan fingerprint density at radius 3 is 3.06 bits per heavy atom. The summed E-state index contributed by atoms with van der Waals surface area (Å²) in [7, 11) is 0. The molecule has 1 unspecified atom stereocenters. The van der Waals surface area contributed by atoms with Gasteiger partial charge in [-0.25, -0.2) is 4.98 Å². The summed E-state index contributed by atoms with van der Waals surface area (Å²) in [6, 6.07) is 5.71. The third-order valence-electron chi connectivity index (χ3n) is 2.45. The first-order valence-corrected chi connectivity index (χ1v) is 6.33. The standard InChI is InChI=1S/C12H13N3OS/c1-2-11(12-14-5-6-17-12)15-8-10-4-3-9(7-13)16-10/h3-6,11,15H,2,8H2,1H3. The Bertz CT molecular complexity index is 498. The van der Waals surface area contributed by atoms with Crippen LogP contribution in [0.1, 0.15) is 35.9 Å². The maximum Gasteiger partial charge on any atom is 0.203 e. The molecule has 2 aromatic rings.